The van der Waals surface area contributed by atoms with Crippen LogP contribution >= 0.6 is 0 Å². The van der Waals surface area contributed by atoms with Crippen LogP contribution in [0, 0.1) is 28.6 Å². The first-order chi connectivity index (χ1) is 12.2. The number of ketones is 3. The van der Waals surface area contributed by atoms with E-state index >= 15 is 0 Å². The maximum Gasteiger partial charge on any atom is 0.190 e. The summed E-state index contributed by atoms with van der Waals surface area (Å²) in [5.41, 5.74) is -1.86. The molecule has 0 aromatic carbocycles. The molecule has 0 aliphatic heterocycles. The second-order valence-corrected chi connectivity index (χ2v) is 9.02. The van der Waals surface area contributed by atoms with Crippen molar-refractivity contribution in [3.8, 4) is 0 Å². The quantitative estimate of drug-likeness (QED) is 0.785. The third-order valence-electron chi connectivity index (χ3n) is 8.01. The summed E-state index contributed by atoms with van der Waals surface area (Å²) in [7, 11) is 0. The molecule has 5 nitrogen and oxygen atoms in total. The summed E-state index contributed by atoms with van der Waals surface area (Å²) < 4.78 is 0. The Morgan fingerprint density at radius 2 is 2.00 bits per heavy atom. The van der Waals surface area contributed by atoms with Crippen LogP contribution in [0.1, 0.15) is 46.0 Å². The molecular weight excluding hydrogens is 332 g/mol. The number of allylic oxidation sites excluding steroid dienone is 4. The van der Waals surface area contributed by atoms with E-state index in [1.54, 1.807) is 12.2 Å². The van der Waals surface area contributed by atoms with E-state index < -0.39 is 28.8 Å². The summed E-state index contributed by atoms with van der Waals surface area (Å²) in [5, 5.41) is 20.5. The van der Waals surface area contributed by atoms with Gasteiger partial charge >= 0.3 is 0 Å². The van der Waals surface area contributed by atoms with Crippen LogP contribution in [-0.4, -0.2) is 39.8 Å². The molecule has 0 saturated heterocycles. The number of Topliss-reactive ketones (excluding diaryl/α,β-unsaturated/α-hetero) is 2. The van der Waals surface area contributed by atoms with Crippen LogP contribution < -0.4 is 0 Å². The van der Waals surface area contributed by atoms with Crippen molar-refractivity contribution in [2.75, 3.05) is 6.61 Å². The van der Waals surface area contributed by atoms with Crippen molar-refractivity contribution in [1.29, 1.82) is 0 Å². The molecule has 0 heterocycles. The molecule has 4 aliphatic rings. The van der Waals surface area contributed by atoms with Crippen molar-refractivity contribution in [3.63, 3.8) is 0 Å². The van der Waals surface area contributed by atoms with Gasteiger partial charge in [0.1, 0.15) is 18.0 Å². The number of hydrogen-bond acceptors (Lipinski definition) is 5. The molecule has 3 fully saturated rings. The molecule has 140 valence electrons. The predicted octanol–water partition coefficient (Wildman–Crippen LogP) is 1.77. The predicted molar refractivity (Wildman–Crippen MR) is 94.0 cm³/mol. The van der Waals surface area contributed by atoms with Crippen molar-refractivity contribution < 1.29 is 24.6 Å². The standard InChI is InChI=1S/C21H26O5/c1-19-7-5-13(23)9-12(19)3-4-14-15-6-8-21(26,17(25)11-22)20(15,2)10-16(24)18(14)19/h5,7,9,14-15,18,22,26H,3-4,6,8,10-11H2,1-2H3/t14-,15-,18+,19+,20+,21-/m1/s1. The number of carbonyl (C=O) groups is 3. The average Bonchev–Trinajstić information content (AvgIpc) is 2.86. The van der Waals surface area contributed by atoms with Gasteiger partial charge < -0.3 is 10.2 Å². The molecule has 0 unspecified atom stereocenters. The molecule has 26 heavy (non-hydrogen) atoms. The smallest absolute Gasteiger partial charge is 0.190 e. The molecule has 4 aliphatic carbocycles. The molecule has 5 heteroatoms. The summed E-state index contributed by atoms with van der Waals surface area (Å²) in [6.07, 6.45) is 7.82. The fraction of sp³-hybridized carbons (Fsp3) is 0.667. The van der Waals surface area contributed by atoms with Crippen molar-refractivity contribution in [1.82, 2.24) is 0 Å². The minimum absolute atomic E-state index is 0.0206. The van der Waals surface area contributed by atoms with Gasteiger partial charge in [0.05, 0.1) is 0 Å². The fourth-order valence-electron chi connectivity index (χ4n) is 6.62. The Bertz CT molecular complexity index is 764. The van der Waals surface area contributed by atoms with Gasteiger partial charge in [-0.2, -0.15) is 0 Å². The zero-order valence-corrected chi connectivity index (χ0v) is 15.3. The summed E-state index contributed by atoms with van der Waals surface area (Å²) in [5.74, 6) is -0.590. The van der Waals surface area contributed by atoms with E-state index in [0.29, 0.717) is 12.8 Å². The van der Waals surface area contributed by atoms with Crippen LogP contribution in [0.2, 0.25) is 0 Å². The number of carbonyl (C=O) groups excluding carboxylic acids is 3. The lowest BCUT2D eigenvalue weighted by molar-refractivity contribution is -0.168. The van der Waals surface area contributed by atoms with E-state index in [-0.39, 0.29) is 35.7 Å². The van der Waals surface area contributed by atoms with Gasteiger partial charge in [0.15, 0.2) is 11.6 Å². The highest BCUT2D eigenvalue weighted by molar-refractivity contribution is 6.02. The van der Waals surface area contributed by atoms with Gasteiger partial charge in [-0.15, -0.1) is 0 Å². The number of aliphatic hydroxyl groups excluding tert-OH is 1. The molecule has 4 rings (SSSR count). The van der Waals surface area contributed by atoms with Crippen LogP contribution in [0.4, 0.5) is 0 Å². The molecule has 0 aromatic rings. The van der Waals surface area contributed by atoms with Crippen LogP contribution in [0.3, 0.4) is 0 Å². The first kappa shape index (κ1) is 17.8. The maximum absolute atomic E-state index is 13.3. The monoisotopic (exact) mass is 358 g/mol. The van der Waals surface area contributed by atoms with Crippen molar-refractivity contribution in [3.05, 3.63) is 23.8 Å². The second-order valence-electron chi connectivity index (χ2n) is 9.02. The normalized spacial score (nSPS) is 47.1. The van der Waals surface area contributed by atoms with E-state index in [9.17, 15) is 24.6 Å². The van der Waals surface area contributed by atoms with Gasteiger partial charge in [-0.05, 0) is 49.7 Å². The number of rotatable bonds is 2. The lowest BCUT2D eigenvalue weighted by Gasteiger charge is -2.56. The Morgan fingerprint density at radius 3 is 2.69 bits per heavy atom. The van der Waals surface area contributed by atoms with Gasteiger partial charge in [0.25, 0.3) is 0 Å². The third-order valence-corrected chi connectivity index (χ3v) is 8.01. The highest BCUT2D eigenvalue weighted by atomic mass is 16.3. The van der Waals surface area contributed by atoms with Crippen LogP contribution in [0.15, 0.2) is 23.8 Å². The number of hydrogen-bond donors (Lipinski definition) is 2. The Kier molecular flexibility index (Phi) is 3.74. The van der Waals surface area contributed by atoms with Gasteiger partial charge in [-0.3, -0.25) is 14.4 Å². The van der Waals surface area contributed by atoms with Gasteiger partial charge in [-0.25, -0.2) is 0 Å². The second kappa shape index (κ2) is 5.46. The van der Waals surface area contributed by atoms with Crippen LogP contribution in [-0.2, 0) is 14.4 Å². The van der Waals surface area contributed by atoms with E-state index in [2.05, 4.69) is 0 Å². The minimum atomic E-state index is -1.62. The molecule has 2 N–H and O–H groups in total. The molecule has 0 spiro atoms. The van der Waals surface area contributed by atoms with Gasteiger partial charge in [-0.1, -0.05) is 25.5 Å². The van der Waals surface area contributed by atoms with E-state index in [0.717, 1.165) is 18.4 Å². The molecule has 6 atom stereocenters. The average molecular weight is 358 g/mol. The van der Waals surface area contributed by atoms with Gasteiger partial charge in [0.2, 0.25) is 0 Å². The summed E-state index contributed by atoms with van der Waals surface area (Å²) in [6.45, 7) is 3.19. The Morgan fingerprint density at radius 1 is 1.27 bits per heavy atom. The number of fused-ring (bicyclic) bond motifs is 5. The van der Waals surface area contributed by atoms with Crippen molar-refractivity contribution >= 4 is 17.3 Å². The molecule has 0 radical (unpaired) electrons. The highest BCUT2D eigenvalue weighted by Crippen LogP contribution is 2.66. The number of aliphatic hydroxyl groups is 2. The van der Waals surface area contributed by atoms with Gasteiger partial charge in [0, 0.05) is 23.2 Å². The Labute approximate surface area is 153 Å². The highest BCUT2D eigenvalue weighted by Gasteiger charge is 2.68. The maximum atomic E-state index is 13.3. The summed E-state index contributed by atoms with van der Waals surface area (Å²) >= 11 is 0. The van der Waals surface area contributed by atoms with E-state index in [1.807, 2.05) is 19.9 Å². The fourth-order valence-corrected chi connectivity index (χ4v) is 6.62. The minimum Gasteiger partial charge on any atom is -0.388 e. The first-order valence-corrected chi connectivity index (χ1v) is 9.51. The molecule has 0 bridgehead atoms. The molecular formula is C21H26O5. The third kappa shape index (κ3) is 2.01. The largest absolute Gasteiger partial charge is 0.388 e. The van der Waals surface area contributed by atoms with Crippen LogP contribution in [0.5, 0.6) is 0 Å². The van der Waals surface area contributed by atoms with Crippen LogP contribution in [0.25, 0.3) is 0 Å². The molecule has 3 saturated carbocycles. The van der Waals surface area contributed by atoms with E-state index in [1.165, 1.54) is 0 Å². The Balaban J connectivity index is 1.76. The van der Waals surface area contributed by atoms with E-state index in [4.69, 9.17) is 0 Å². The van der Waals surface area contributed by atoms with Crippen molar-refractivity contribution in [2.45, 2.75) is 51.6 Å². The SMILES string of the molecule is C[C@]12C=CC(=O)C=C1CC[C@H]1[C@H]2C(=O)C[C@@]2(C)[C@@H]1CC[C@@]2(O)C(=O)CO. The molecule has 0 amide bonds. The Hall–Kier alpha value is -1.59. The summed E-state index contributed by atoms with van der Waals surface area (Å²) in [6, 6.07) is 0. The zero-order chi connectivity index (χ0) is 18.9. The zero-order valence-electron chi connectivity index (χ0n) is 15.3. The lowest BCUT2D eigenvalue weighted by atomic mass is 9.46. The molecule has 0 aromatic heterocycles. The van der Waals surface area contributed by atoms with Crippen molar-refractivity contribution in [2.24, 2.45) is 28.6 Å². The first-order valence-electron chi connectivity index (χ1n) is 9.51. The summed E-state index contributed by atoms with van der Waals surface area (Å²) in [4.78, 5) is 37.4. The lowest BCUT2D eigenvalue weighted by Crippen LogP contribution is -2.60. The topological polar surface area (TPSA) is 91.7 Å².